The molecule has 3 nitrogen and oxygen atoms in total. The van der Waals surface area contributed by atoms with Gasteiger partial charge in [-0.2, -0.15) is 0 Å². The molecule has 0 unspecified atom stereocenters. The molecule has 0 aliphatic rings. The lowest BCUT2D eigenvalue weighted by Crippen LogP contribution is -2.01. The average molecular weight is 182 g/mol. The molecule has 0 aliphatic carbocycles. The third kappa shape index (κ3) is 2.02. The van der Waals surface area contributed by atoms with Gasteiger partial charge in [0, 0.05) is 18.3 Å². The van der Waals surface area contributed by atoms with Gasteiger partial charge in [0.15, 0.2) is 0 Å². The second kappa shape index (κ2) is 3.81. The smallest absolute Gasteiger partial charge is 0.233 e. The normalized spacial score (nSPS) is 11.2. The molecule has 0 saturated carbocycles. The summed E-state index contributed by atoms with van der Waals surface area (Å²) in [7, 11) is 1.88. The van der Waals surface area contributed by atoms with Gasteiger partial charge >= 0.3 is 0 Å². The predicted octanol–water partition coefficient (Wildman–Crippen LogP) is 1.89. The summed E-state index contributed by atoms with van der Waals surface area (Å²) in [6.07, 6.45) is 1.83. The summed E-state index contributed by atoms with van der Waals surface area (Å²) in [4.78, 5) is 0. The van der Waals surface area contributed by atoms with Crippen LogP contribution in [-0.4, -0.2) is 14.9 Å². The van der Waals surface area contributed by atoms with Gasteiger partial charge in [0.25, 0.3) is 0 Å². The number of hydrogen-bond acceptors (Lipinski definition) is 2. The maximum absolute atomic E-state index is 9.56. The largest absolute Gasteiger partial charge is 0.492 e. The van der Waals surface area contributed by atoms with Crippen LogP contribution in [0.1, 0.15) is 32.0 Å². The zero-order chi connectivity index (χ0) is 10.0. The van der Waals surface area contributed by atoms with Gasteiger partial charge in [-0.05, 0) is 18.8 Å². The fourth-order valence-electron chi connectivity index (χ4n) is 1.65. The van der Waals surface area contributed by atoms with Gasteiger partial charge in [-0.1, -0.05) is 20.8 Å². The highest BCUT2D eigenvalue weighted by Crippen LogP contribution is 2.23. The topological polar surface area (TPSA) is 38.1 Å². The predicted molar refractivity (Wildman–Crippen MR) is 52.8 cm³/mol. The third-order valence-corrected chi connectivity index (χ3v) is 2.20. The van der Waals surface area contributed by atoms with Crippen molar-refractivity contribution in [1.29, 1.82) is 0 Å². The molecule has 3 heteroatoms. The lowest BCUT2D eigenvalue weighted by atomic mass is 10.0. The number of rotatable bonds is 3. The number of aryl methyl sites for hydroxylation is 1. The SMILES string of the molecule is CCc1c(CC(C)C)c(O)nn1C. The first-order chi connectivity index (χ1) is 6.06. The number of nitrogens with zero attached hydrogens (tertiary/aromatic N) is 2. The summed E-state index contributed by atoms with van der Waals surface area (Å²) in [6.45, 7) is 6.37. The first-order valence-corrected chi connectivity index (χ1v) is 4.80. The van der Waals surface area contributed by atoms with E-state index in [0.717, 1.165) is 24.1 Å². The Morgan fingerprint density at radius 3 is 2.54 bits per heavy atom. The highest BCUT2D eigenvalue weighted by atomic mass is 16.3. The van der Waals surface area contributed by atoms with E-state index >= 15 is 0 Å². The number of hydrogen-bond donors (Lipinski definition) is 1. The molecule has 1 aromatic heterocycles. The van der Waals surface area contributed by atoms with Crippen LogP contribution in [0.5, 0.6) is 5.88 Å². The van der Waals surface area contributed by atoms with E-state index in [0.29, 0.717) is 5.92 Å². The van der Waals surface area contributed by atoms with Crippen molar-refractivity contribution in [2.45, 2.75) is 33.6 Å². The molecule has 0 aromatic carbocycles. The lowest BCUT2D eigenvalue weighted by molar-refractivity contribution is 0.435. The monoisotopic (exact) mass is 182 g/mol. The van der Waals surface area contributed by atoms with Crippen molar-refractivity contribution in [2.75, 3.05) is 0 Å². The van der Waals surface area contributed by atoms with E-state index in [1.807, 2.05) is 7.05 Å². The van der Waals surface area contributed by atoms with Crippen LogP contribution in [0.15, 0.2) is 0 Å². The molecule has 0 amide bonds. The standard InChI is InChI=1S/C10H18N2O/c1-5-9-8(6-7(2)3)10(13)11-12(9)4/h7H,5-6H2,1-4H3,(H,11,13). The van der Waals surface area contributed by atoms with E-state index in [4.69, 9.17) is 0 Å². The summed E-state index contributed by atoms with van der Waals surface area (Å²) >= 11 is 0. The molecular weight excluding hydrogens is 164 g/mol. The Morgan fingerprint density at radius 2 is 2.08 bits per heavy atom. The van der Waals surface area contributed by atoms with E-state index in [9.17, 15) is 5.11 Å². The molecule has 1 rings (SSSR count). The van der Waals surface area contributed by atoms with Crippen LogP contribution < -0.4 is 0 Å². The summed E-state index contributed by atoms with van der Waals surface area (Å²) in [5.41, 5.74) is 2.16. The van der Waals surface area contributed by atoms with E-state index in [1.165, 1.54) is 0 Å². The van der Waals surface area contributed by atoms with Crippen molar-refractivity contribution in [3.63, 3.8) is 0 Å². The zero-order valence-corrected chi connectivity index (χ0v) is 8.83. The Labute approximate surface area is 79.4 Å². The third-order valence-electron chi connectivity index (χ3n) is 2.20. The maximum Gasteiger partial charge on any atom is 0.233 e. The molecule has 0 fully saturated rings. The molecule has 0 atom stereocenters. The van der Waals surface area contributed by atoms with E-state index < -0.39 is 0 Å². The highest BCUT2D eigenvalue weighted by Gasteiger charge is 2.14. The van der Waals surface area contributed by atoms with Crippen molar-refractivity contribution < 1.29 is 5.11 Å². The Bertz CT molecular complexity index is 289. The molecule has 1 N–H and O–H groups in total. The van der Waals surface area contributed by atoms with Crippen molar-refractivity contribution in [3.8, 4) is 5.88 Å². The molecule has 1 heterocycles. The lowest BCUT2D eigenvalue weighted by Gasteiger charge is -2.05. The number of aromatic hydroxyl groups is 1. The van der Waals surface area contributed by atoms with Crippen LogP contribution in [0.3, 0.4) is 0 Å². The minimum absolute atomic E-state index is 0.202. The highest BCUT2D eigenvalue weighted by molar-refractivity contribution is 5.30. The molecule has 74 valence electrons. The summed E-state index contributed by atoms with van der Waals surface area (Å²) in [5.74, 6) is 0.758. The molecule has 0 bridgehead atoms. The number of aromatic nitrogens is 2. The van der Waals surface area contributed by atoms with Gasteiger partial charge in [-0.25, -0.2) is 0 Å². The van der Waals surface area contributed by atoms with Gasteiger partial charge < -0.3 is 5.11 Å². The summed E-state index contributed by atoms with van der Waals surface area (Å²) in [5, 5.41) is 13.6. The van der Waals surface area contributed by atoms with E-state index in [1.54, 1.807) is 4.68 Å². The Hall–Kier alpha value is -0.990. The van der Waals surface area contributed by atoms with Crippen LogP contribution in [0, 0.1) is 5.92 Å². The minimum atomic E-state index is 0.202. The molecule has 0 saturated heterocycles. The molecule has 1 aromatic rings. The van der Waals surface area contributed by atoms with Crippen molar-refractivity contribution in [1.82, 2.24) is 9.78 Å². The Balaban J connectivity index is 3.02. The maximum atomic E-state index is 9.56. The van der Waals surface area contributed by atoms with Gasteiger partial charge in [0.2, 0.25) is 5.88 Å². The van der Waals surface area contributed by atoms with Crippen LogP contribution in [0.2, 0.25) is 0 Å². The second-order valence-corrected chi connectivity index (χ2v) is 3.82. The van der Waals surface area contributed by atoms with Crippen LogP contribution in [0.4, 0.5) is 0 Å². The molecule has 0 radical (unpaired) electrons. The Kier molecular flexibility index (Phi) is 2.96. The fourth-order valence-corrected chi connectivity index (χ4v) is 1.65. The van der Waals surface area contributed by atoms with Crippen LogP contribution in [0.25, 0.3) is 0 Å². The van der Waals surface area contributed by atoms with Crippen LogP contribution >= 0.6 is 0 Å². The summed E-state index contributed by atoms with van der Waals surface area (Å²) in [6, 6.07) is 0. The fraction of sp³-hybridized carbons (Fsp3) is 0.700. The first kappa shape index (κ1) is 10.1. The van der Waals surface area contributed by atoms with Gasteiger partial charge in [-0.15, -0.1) is 5.10 Å². The van der Waals surface area contributed by atoms with E-state index in [2.05, 4.69) is 25.9 Å². The van der Waals surface area contributed by atoms with E-state index in [-0.39, 0.29) is 5.88 Å². The summed E-state index contributed by atoms with van der Waals surface area (Å²) < 4.78 is 1.77. The molecular formula is C10H18N2O. The molecule has 0 spiro atoms. The first-order valence-electron chi connectivity index (χ1n) is 4.80. The van der Waals surface area contributed by atoms with Crippen molar-refractivity contribution >= 4 is 0 Å². The zero-order valence-electron chi connectivity index (χ0n) is 8.83. The van der Waals surface area contributed by atoms with Crippen LogP contribution in [-0.2, 0) is 19.9 Å². The van der Waals surface area contributed by atoms with Gasteiger partial charge in [0.05, 0.1) is 0 Å². The van der Waals surface area contributed by atoms with Crippen molar-refractivity contribution in [2.24, 2.45) is 13.0 Å². The second-order valence-electron chi connectivity index (χ2n) is 3.82. The minimum Gasteiger partial charge on any atom is -0.492 e. The average Bonchev–Trinajstić information content (AvgIpc) is 2.26. The molecule has 0 aliphatic heterocycles. The Morgan fingerprint density at radius 1 is 1.46 bits per heavy atom. The van der Waals surface area contributed by atoms with Gasteiger partial charge in [-0.3, -0.25) is 4.68 Å². The quantitative estimate of drug-likeness (QED) is 0.775. The van der Waals surface area contributed by atoms with Crippen molar-refractivity contribution in [3.05, 3.63) is 11.3 Å². The molecule has 13 heavy (non-hydrogen) atoms. The van der Waals surface area contributed by atoms with Gasteiger partial charge in [0.1, 0.15) is 0 Å².